The molecule has 13 nitrogen and oxygen atoms in total. The van der Waals surface area contributed by atoms with E-state index < -0.39 is 0 Å². The number of nitrogens with zero attached hydrogens (tertiary/aromatic N) is 6. The molecule has 1 saturated heterocycles. The molecule has 1 fully saturated rings. The van der Waals surface area contributed by atoms with Gasteiger partial charge in [-0.2, -0.15) is 0 Å². The lowest BCUT2D eigenvalue weighted by molar-refractivity contribution is -0.127. The zero-order chi connectivity index (χ0) is 30.0. The minimum absolute atomic E-state index is 0.130. The van der Waals surface area contributed by atoms with E-state index in [1.165, 1.54) is 11.1 Å². The number of nitrogens with one attached hydrogen (secondary N) is 2. The number of carbonyl (C=O) groups is 2. The number of fused-ring (bicyclic) bond motifs is 2. The lowest BCUT2D eigenvalue weighted by Gasteiger charge is -2.19. The first kappa shape index (κ1) is 27.5. The van der Waals surface area contributed by atoms with Gasteiger partial charge in [-0.25, -0.2) is 14.6 Å². The smallest absolute Gasteiger partial charge is 0.251 e. The summed E-state index contributed by atoms with van der Waals surface area (Å²) in [4.78, 5) is 35.7. The quantitative estimate of drug-likeness (QED) is 0.216. The molecule has 3 aromatic heterocycles. The van der Waals surface area contributed by atoms with Gasteiger partial charge in [-0.05, 0) is 77.6 Å². The molecule has 5 aromatic rings. The normalized spacial score (nSPS) is 14.6. The molecule has 0 spiro atoms. The highest BCUT2D eigenvalue weighted by Crippen LogP contribution is 2.33. The average Bonchev–Trinajstić information content (AvgIpc) is 3.76. The summed E-state index contributed by atoms with van der Waals surface area (Å²) in [7, 11) is 0. The number of rotatable bonds is 9. The number of hydrogen-bond acceptors (Lipinski definition) is 10. The van der Waals surface area contributed by atoms with Crippen LogP contribution in [0.5, 0.6) is 11.6 Å². The van der Waals surface area contributed by atoms with Crippen molar-refractivity contribution in [2.45, 2.75) is 32.2 Å². The maximum atomic E-state index is 12.8. The van der Waals surface area contributed by atoms with Crippen LogP contribution in [0.4, 0.5) is 5.82 Å². The number of benzene rings is 2. The maximum absolute atomic E-state index is 12.8. The highest BCUT2D eigenvalue weighted by molar-refractivity contribution is 5.94. The van der Waals surface area contributed by atoms with Gasteiger partial charge in [0.15, 0.2) is 17.3 Å². The molecule has 0 saturated carbocycles. The number of likely N-dealkylation sites (tertiary alicyclic amines) is 1. The summed E-state index contributed by atoms with van der Waals surface area (Å²) in [6, 6.07) is 15.0. The van der Waals surface area contributed by atoms with Crippen LogP contribution in [0.2, 0.25) is 0 Å². The van der Waals surface area contributed by atoms with Gasteiger partial charge in [0, 0.05) is 49.9 Å². The van der Waals surface area contributed by atoms with Crippen LogP contribution >= 0.6 is 0 Å². The molecule has 0 atom stereocenters. The fourth-order valence-corrected chi connectivity index (χ4v) is 5.73. The third-order valence-electron chi connectivity index (χ3n) is 7.96. The summed E-state index contributed by atoms with van der Waals surface area (Å²) >= 11 is 0. The summed E-state index contributed by atoms with van der Waals surface area (Å²) in [5.41, 5.74) is 11.6. The maximum Gasteiger partial charge on any atom is 0.251 e. The van der Waals surface area contributed by atoms with Crippen molar-refractivity contribution in [1.29, 1.82) is 0 Å². The van der Waals surface area contributed by atoms with E-state index in [1.807, 2.05) is 15.5 Å². The molecule has 13 heteroatoms. The van der Waals surface area contributed by atoms with Gasteiger partial charge in [0.25, 0.3) is 5.91 Å². The Balaban J connectivity index is 1.14. The van der Waals surface area contributed by atoms with E-state index >= 15 is 0 Å². The third kappa shape index (κ3) is 5.44. The molecule has 44 heavy (non-hydrogen) atoms. The Kier molecular flexibility index (Phi) is 7.36. The monoisotopic (exact) mass is 593 g/mol. The number of nitrogens with two attached hydrogens (primary N) is 1. The van der Waals surface area contributed by atoms with Gasteiger partial charge in [0.1, 0.15) is 11.3 Å². The molecule has 5 heterocycles. The number of amides is 2. The number of imidazole rings is 1. The van der Waals surface area contributed by atoms with Crippen molar-refractivity contribution < 1.29 is 19.0 Å². The lowest BCUT2D eigenvalue weighted by atomic mass is 10.0. The van der Waals surface area contributed by atoms with Crippen molar-refractivity contribution in [3.05, 3.63) is 71.4 Å². The SMILES string of the molecule is Nc1nonc1-c1nc2cnc(Oc3cccc(C(=O)NCCCN4CCCC4=O)c3)cc2n1-c1ccc2c(c1)CNCC2. The molecule has 2 amide bonds. The summed E-state index contributed by atoms with van der Waals surface area (Å²) < 4.78 is 13.0. The highest BCUT2D eigenvalue weighted by atomic mass is 16.6. The molecular formula is C31H31N9O4. The van der Waals surface area contributed by atoms with E-state index in [1.54, 1.807) is 36.5 Å². The largest absolute Gasteiger partial charge is 0.439 e. The second-order valence-electron chi connectivity index (χ2n) is 10.9. The van der Waals surface area contributed by atoms with Gasteiger partial charge < -0.3 is 26.0 Å². The predicted molar refractivity (Wildman–Crippen MR) is 161 cm³/mol. The predicted octanol–water partition coefficient (Wildman–Crippen LogP) is 3.23. The fraction of sp³-hybridized carbons (Fsp3) is 0.290. The van der Waals surface area contributed by atoms with Gasteiger partial charge in [0.05, 0.1) is 11.7 Å². The van der Waals surface area contributed by atoms with Gasteiger partial charge in [-0.15, -0.1) is 0 Å². The average molecular weight is 594 g/mol. The standard InChI is InChI=1S/C31H31N9O4/c32-29-28(37-44-38-29)30-36-24-18-35-26(16-25(24)40(30)22-8-7-19-9-11-33-17-21(19)14-22)43-23-5-1-4-20(15-23)31(42)34-10-3-13-39-12-2-6-27(39)41/h1,4-5,7-8,14-16,18,33H,2-3,6,9-13,17H2,(H2,32,38)(H,34,42). The van der Waals surface area contributed by atoms with Crippen LogP contribution in [0.1, 0.15) is 40.7 Å². The molecule has 224 valence electrons. The minimum atomic E-state index is -0.213. The molecule has 0 aliphatic carbocycles. The van der Waals surface area contributed by atoms with E-state index in [4.69, 9.17) is 20.1 Å². The van der Waals surface area contributed by atoms with Gasteiger partial charge in [-0.3, -0.25) is 14.2 Å². The van der Waals surface area contributed by atoms with Crippen LogP contribution in [-0.2, 0) is 17.8 Å². The zero-order valence-corrected chi connectivity index (χ0v) is 24.0. The number of aromatic nitrogens is 5. The molecule has 7 rings (SSSR count). The molecule has 2 aliphatic heterocycles. The Bertz CT molecular complexity index is 1860. The van der Waals surface area contributed by atoms with Gasteiger partial charge >= 0.3 is 0 Å². The Labute approximate surface area is 252 Å². The van der Waals surface area contributed by atoms with Crippen molar-refractivity contribution in [1.82, 2.24) is 40.4 Å². The molecule has 2 aromatic carbocycles. The number of nitrogen functional groups attached to an aromatic ring is 1. The van der Waals surface area contributed by atoms with E-state index in [9.17, 15) is 9.59 Å². The number of anilines is 1. The highest BCUT2D eigenvalue weighted by Gasteiger charge is 2.23. The second kappa shape index (κ2) is 11.8. The van der Waals surface area contributed by atoms with Crippen LogP contribution < -0.4 is 21.1 Å². The number of hydrogen-bond donors (Lipinski definition) is 3. The molecule has 0 radical (unpaired) electrons. The first-order valence-electron chi connectivity index (χ1n) is 14.7. The van der Waals surface area contributed by atoms with E-state index in [0.717, 1.165) is 43.7 Å². The first-order valence-corrected chi connectivity index (χ1v) is 14.7. The van der Waals surface area contributed by atoms with E-state index in [0.29, 0.717) is 60.2 Å². The topological polar surface area (TPSA) is 166 Å². The summed E-state index contributed by atoms with van der Waals surface area (Å²) in [6.45, 7) is 3.64. The van der Waals surface area contributed by atoms with Gasteiger partial charge in [-0.1, -0.05) is 12.1 Å². The minimum Gasteiger partial charge on any atom is -0.439 e. The van der Waals surface area contributed by atoms with Crippen LogP contribution in [0.25, 0.3) is 28.2 Å². The summed E-state index contributed by atoms with van der Waals surface area (Å²) in [5.74, 6) is 1.35. The van der Waals surface area contributed by atoms with Crippen molar-refractivity contribution >= 4 is 28.7 Å². The summed E-state index contributed by atoms with van der Waals surface area (Å²) in [5, 5.41) is 14.1. The number of carbonyl (C=O) groups excluding carboxylic acids is 2. The molecule has 2 aliphatic rings. The number of ether oxygens (including phenoxy) is 1. The van der Waals surface area contributed by atoms with E-state index in [-0.39, 0.29) is 17.6 Å². The molecule has 0 unspecified atom stereocenters. The van der Waals surface area contributed by atoms with Crippen molar-refractivity contribution in [3.63, 3.8) is 0 Å². The molecule has 4 N–H and O–H groups in total. The van der Waals surface area contributed by atoms with Crippen LogP contribution in [-0.4, -0.2) is 67.7 Å². The van der Waals surface area contributed by atoms with Crippen molar-refractivity contribution in [2.24, 2.45) is 0 Å². The molecule has 0 bridgehead atoms. The Morgan fingerprint density at radius 2 is 2.05 bits per heavy atom. The van der Waals surface area contributed by atoms with Crippen LogP contribution in [0, 0.1) is 0 Å². The lowest BCUT2D eigenvalue weighted by Crippen LogP contribution is -2.30. The fourth-order valence-electron chi connectivity index (χ4n) is 5.73. The van der Waals surface area contributed by atoms with Crippen LogP contribution in [0.15, 0.2) is 59.4 Å². The zero-order valence-electron chi connectivity index (χ0n) is 24.0. The third-order valence-corrected chi connectivity index (χ3v) is 7.96. The van der Waals surface area contributed by atoms with Crippen molar-refractivity contribution in [3.8, 4) is 28.8 Å². The second-order valence-corrected chi connectivity index (χ2v) is 10.9. The number of pyridine rings is 1. The van der Waals surface area contributed by atoms with Gasteiger partial charge in [0.2, 0.25) is 11.8 Å². The Morgan fingerprint density at radius 1 is 1.11 bits per heavy atom. The van der Waals surface area contributed by atoms with Crippen molar-refractivity contribution in [2.75, 3.05) is 31.9 Å². The first-order chi connectivity index (χ1) is 21.5. The van der Waals surface area contributed by atoms with Crippen LogP contribution in [0.3, 0.4) is 0 Å². The Morgan fingerprint density at radius 3 is 2.89 bits per heavy atom. The Hall–Kier alpha value is -5.30. The summed E-state index contributed by atoms with van der Waals surface area (Å²) in [6.07, 6.45) is 4.80. The molecular weight excluding hydrogens is 562 g/mol. The van der Waals surface area contributed by atoms with E-state index in [2.05, 4.69) is 38.1 Å².